The van der Waals surface area contributed by atoms with E-state index in [0.29, 0.717) is 0 Å². The topological polar surface area (TPSA) is 12.4 Å². The summed E-state index contributed by atoms with van der Waals surface area (Å²) in [6.07, 6.45) is 5.46. The Hall–Kier alpha value is -1.31. The van der Waals surface area contributed by atoms with E-state index in [0.717, 1.165) is 12.8 Å². The molecule has 109 valence electrons. The van der Waals surface area contributed by atoms with Crippen molar-refractivity contribution in [1.82, 2.24) is 0 Å². The Labute approximate surface area is 129 Å². The fourth-order valence-corrected chi connectivity index (χ4v) is 2.96. The van der Waals surface area contributed by atoms with Crippen LogP contribution >= 0.6 is 0 Å². The molecule has 0 saturated carbocycles. The van der Waals surface area contributed by atoms with E-state index in [4.69, 9.17) is 0 Å². The Morgan fingerprint density at radius 3 is 2.57 bits per heavy atom. The van der Waals surface area contributed by atoms with E-state index in [9.17, 15) is 0 Å². The summed E-state index contributed by atoms with van der Waals surface area (Å²) in [4.78, 5) is 4.66. The number of rotatable bonds is 2. The highest BCUT2D eigenvalue weighted by Gasteiger charge is 2.34. The van der Waals surface area contributed by atoms with Gasteiger partial charge in [0.15, 0.2) is 7.28 Å². The van der Waals surface area contributed by atoms with Crippen LogP contribution in [0.5, 0.6) is 0 Å². The van der Waals surface area contributed by atoms with E-state index in [-0.39, 0.29) is 10.7 Å². The van der Waals surface area contributed by atoms with E-state index < -0.39 is 0 Å². The third-order valence-electron chi connectivity index (χ3n) is 5.38. The molecule has 21 heavy (non-hydrogen) atoms. The second kappa shape index (κ2) is 4.86. The van der Waals surface area contributed by atoms with Crippen LogP contribution in [-0.4, -0.2) is 13.5 Å². The van der Waals surface area contributed by atoms with Crippen molar-refractivity contribution in [3.8, 4) is 0 Å². The molecule has 1 radical (unpaired) electrons. The van der Waals surface area contributed by atoms with Gasteiger partial charge in [-0.3, -0.25) is 4.99 Å². The highest BCUT2D eigenvalue weighted by molar-refractivity contribution is 6.57. The van der Waals surface area contributed by atoms with Crippen molar-refractivity contribution < 1.29 is 0 Å². The van der Waals surface area contributed by atoms with Crippen LogP contribution in [0.3, 0.4) is 0 Å². The summed E-state index contributed by atoms with van der Waals surface area (Å²) >= 11 is 0. The van der Waals surface area contributed by atoms with Gasteiger partial charge in [-0.2, -0.15) is 0 Å². The van der Waals surface area contributed by atoms with E-state index in [1.807, 2.05) is 0 Å². The average molecular weight is 278 g/mol. The number of nitrogens with zero attached hydrogens (tertiary/aromatic N) is 1. The molecule has 1 aliphatic carbocycles. The molecule has 0 saturated heterocycles. The van der Waals surface area contributed by atoms with Crippen LogP contribution in [0.2, 0.25) is 5.31 Å². The van der Waals surface area contributed by atoms with Gasteiger partial charge in [-0.1, -0.05) is 63.6 Å². The highest BCUT2D eigenvalue weighted by atomic mass is 14.8. The predicted molar refractivity (Wildman–Crippen MR) is 93.7 cm³/mol. The molecular weight excluding hydrogens is 253 g/mol. The molecule has 2 aliphatic rings. The Morgan fingerprint density at radius 1 is 1.10 bits per heavy atom. The SMILES string of the molecule is CC(C)(C)C(C)(C)[B]c1ccc2c(c1)C1=C(CCC=N1)C2. The molecule has 0 spiro atoms. The Kier molecular flexibility index (Phi) is 3.39. The van der Waals surface area contributed by atoms with Crippen LogP contribution in [-0.2, 0) is 6.42 Å². The Balaban J connectivity index is 1.91. The van der Waals surface area contributed by atoms with Crippen molar-refractivity contribution >= 4 is 24.7 Å². The smallest absolute Gasteiger partial charge is 0.158 e. The van der Waals surface area contributed by atoms with Gasteiger partial charge in [0.1, 0.15) is 0 Å². The Morgan fingerprint density at radius 2 is 1.86 bits per heavy atom. The number of hydrogen-bond acceptors (Lipinski definition) is 1. The molecule has 1 aromatic rings. The molecule has 0 unspecified atom stereocenters. The minimum atomic E-state index is 0.160. The first-order valence-corrected chi connectivity index (χ1v) is 8.02. The van der Waals surface area contributed by atoms with Crippen molar-refractivity contribution in [2.24, 2.45) is 10.4 Å². The summed E-state index contributed by atoms with van der Waals surface area (Å²) in [6, 6.07) is 6.91. The third-order valence-corrected chi connectivity index (χ3v) is 5.38. The zero-order valence-electron chi connectivity index (χ0n) is 14.0. The zero-order chi connectivity index (χ0) is 15.3. The van der Waals surface area contributed by atoms with Gasteiger partial charge in [-0.25, -0.2) is 0 Å². The highest BCUT2D eigenvalue weighted by Crippen LogP contribution is 2.43. The molecule has 0 bridgehead atoms. The number of fused-ring (bicyclic) bond motifs is 2. The van der Waals surface area contributed by atoms with Gasteiger partial charge in [0.25, 0.3) is 0 Å². The monoisotopic (exact) mass is 278 g/mol. The minimum Gasteiger partial charge on any atom is -0.261 e. The van der Waals surface area contributed by atoms with Gasteiger partial charge in [0.05, 0.1) is 5.70 Å². The number of hydrogen-bond donors (Lipinski definition) is 0. The maximum absolute atomic E-state index is 4.66. The summed E-state index contributed by atoms with van der Waals surface area (Å²) < 4.78 is 0. The van der Waals surface area contributed by atoms with Crippen LogP contribution in [0.4, 0.5) is 0 Å². The zero-order valence-corrected chi connectivity index (χ0v) is 14.0. The minimum absolute atomic E-state index is 0.160. The molecule has 2 heteroatoms. The molecule has 1 aliphatic heterocycles. The summed E-state index contributed by atoms with van der Waals surface area (Å²) in [7, 11) is 2.42. The first-order chi connectivity index (χ1) is 9.78. The molecule has 1 aromatic carbocycles. The molecule has 1 nitrogen and oxygen atoms in total. The lowest BCUT2D eigenvalue weighted by Gasteiger charge is -2.38. The fraction of sp³-hybridized carbons (Fsp3) is 0.526. The third kappa shape index (κ3) is 2.61. The predicted octanol–water partition coefficient (Wildman–Crippen LogP) is 4.39. The molecule has 0 fully saturated rings. The van der Waals surface area contributed by atoms with Crippen LogP contribution in [0, 0.1) is 5.41 Å². The lowest BCUT2D eigenvalue weighted by molar-refractivity contribution is 0.300. The maximum Gasteiger partial charge on any atom is 0.158 e. The number of benzene rings is 1. The van der Waals surface area contributed by atoms with E-state index >= 15 is 0 Å². The van der Waals surface area contributed by atoms with Gasteiger partial charge in [-0.15, -0.1) is 0 Å². The van der Waals surface area contributed by atoms with Crippen molar-refractivity contribution in [2.45, 2.75) is 59.2 Å². The van der Waals surface area contributed by atoms with Crippen LogP contribution in [0.1, 0.15) is 58.6 Å². The normalized spacial score (nSPS) is 17.8. The summed E-state index contributed by atoms with van der Waals surface area (Å²) in [5.41, 5.74) is 7.16. The molecule has 0 atom stereocenters. The Bertz CT molecular complexity index is 629. The van der Waals surface area contributed by atoms with Crippen LogP contribution in [0.25, 0.3) is 5.70 Å². The number of aliphatic imine (C=N–C) groups is 1. The van der Waals surface area contributed by atoms with E-state index in [1.54, 1.807) is 0 Å². The second-order valence-electron chi connectivity index (χ2n) is 8.01. The molecule has 0 amide bonds. The number of allylic oxidation sites excluding steroid dienone is 1. The van der Waals surface area contributed by atoms with Crippen molar-refractivity contribution in [3.05, 3.63) is 34.9 Å². The fourth-order valence-electron chi connectivity index (χ4n) is 2.96. The molecule has 1 heterocycles. The van der Waals surface area contributed by atoms with Crippen LogP contribution < -0.4 is 5.46 Å². The maximum atomic E-state index is 4.66. The molecular formula is C19H25BN. The second-order valence-corrected chi connectivity index (χ2v) is 8.01. The summed E-state index contributed by atoms with van der Waals surface area (Å²) in [5, 5.41) is 0.160. The average Bonchev–Trinajstić information content (AvgIpc) is 2.75. The van der Waals surface area contributed by atoms with Crippen molar-refractivity contribution in [2.75, 3.05) is 0 Å². The lowest BCUT2D eigenvalue weighted by Crippen LogP contribution is -2.35. The summed E-state index contributed by atoms with van der Waals surface area (Å²) in [5.74, 6) is 0. The van der Waals surface area contributed by atoms with Gasteiger partial charge >= 0.3 is 0 Å². The first kappa shape index (κ1) is 14.6. The molecule has 3 rings (SSSR count). The van der Waals surface area contributed by atoms with Gasteiger partial charge in [0.2, 0.25) is 0 Å². The van der Waals surface area contributed by atoms with Gasteiger partial charge in [-0.05, 0) is 35.8 Å². The van der Waals surface area contributed by atoms with Crippen molar-refractivity contribution in [1.29, 1.82) is 0 Å². The lowest BCUT2D eigenvalue weighted by atomic mass is 9.42. The van der Waals surface area contributed by atoms with Gasteiger partial charge < -0.3 is 0 Å². The standard InChI is InChI=1S/C19H25BN/c1-18(2,3)19(4,5)20-15-9-8-13-11-14-7-6-10-21-17(14)16(13)12-15/h8-10,12H,6-7,11H2,1-5H3. The first-order valence-electron chi connectivity index (χ1n) is 8.02. The van der Waals surface area contributed by atoms with E-state index in [1.165, 1.54) is 34.3 Å². The van der Waals surface area contributed by atoms with Crippen LogP contribution in [0.15, 0.2) is 28.8 Å². The van der Waals surface area contributed by atoms with Crippen molar-refractivity contribution in [3.63, 3.8) is 0 Å². The summed E-state index contributed by atoms with van der Waals surface area (Å²) in [6.45, 7) is 11.6. The quantitative estimate of drug-likeness (QED) is 0.711. The van der Waals surface area contributed by atoms with Gasteiger partial charge in [0, 0.05) is 11.8 Å². The molecule has 0 aromatic heterocycles. The largest absolute Gasteiger partial charge is 0.261 e. The molecule has 0 N–H and O–H groups in total. The van der Waals surface area contributed by atoms with E-state index in [2.05, 4.69) is 71.3 Å².